The number of nitrogens with one attached hydrogen (secondary N) is 2. The van der Waals surface area contributed by atoms with Crippen LogP contribution in [-0.4, -0.2) is 6.03 Å². The summed E-state index contributed by atoms with van der Waals surface area (Å²) in [6.45, 7) is 2.60. The first-order valence-corrected chi connectivity index (χ1v) is 7.16. The molecule has 1 aromatic carbocycles. The van der Waals surface area contributed by atoms with E-state index in [2.05, 4.69) is 26.6 Å². The van der Waals surface area contributed by atoms with E-state index in [0.29, 0.717) is 6.54 Å². The minimum absolute atomic E-state index is 0.199. The number of halogens is 1. The van der Waals surface area contributed by atoms with Gasteiger partial charge >= 0.3 is 6.03 Å². The number of urea groups is 1. The molecule has 0 saturated carbocycles. The Kier molecular flexibility index (Phi) is 4.38. The van der Waals surface area contributed by atoms with Crippen LogP contribution in [0, 0.1) is 6.92 Å². The zero-order valence-electron chi connectivity index (χ0n) is 9.87. The van der Waals surface area contributed by atoms with Gasteiger partial charge in [0.15, 0.2) is 0 Å². The van der Waals surface area contributed by atoms with Crippen LogP contribution in [0.4, 0.5) is 10.5 Å². The largest absolute Gasteiger partial charge is 0.333 e. The van der Waals surface area contributed by atoms with E-state index >= 15 is 0 Å². The highest BCUT2D eigenvalue weighted by Crippen LogP contribution is 2.21. The van der Waals surface area contributed by atoms with Crippen molar-refractivity contribution in [1.29, 1.82) is 0 Å². The first-order chi connectivity index (χ1) is 8.66. The van der Waals surface area contributed by atoms with Crippen molar-refractivity contribution in [3.8, 4) is 0 Å². The van der Waals surface area contributed by atoms with Gasteiger partial charge in [-0.05, 0) is 52.0 Å². The van der Waals surface area contributed by atoms with Crippen LogP contribution < -0.4 is 10.6 Å². The van der Waals surface area contributed by atoms with Crippen molar-refractivity contribution < 1.29 is 4.79 Å². The van der Waals surface area contributed by atoms with Crippen molar-refractivity contribution in [3.63, 3.8) is 0 Å². The highest BCUT2D eigenvalue weighted by atomic mass is 79.9. The zero-order valence-corrected chi connectivity index (χ0v) is 12.3. The number of hydrogen-bond donors (Lipinski definition) is 2. The molecule has 0 unspecified atom stereocenters. The fourth-order valence-electron chi connectivity index (χ4n) is 1.47. The maximum atomic E-state index is 11.7. The topological polar surface area (TPSA) is 41.1 Å². The average Bonchev–Trinajstić information content (AvgIpc) is 2.75. The van der Waals surface area contributed by atoms with Gasteiger partial charge < -0.3 is 10.6 Å². The summed E-state index contributed by atoms with van der Waals surface area (Å²) >= 11 is 5.03. The van der Waals surface area contributed by atoms with Gasteiger partial charge in [0, 0.05) is 9.35 Å². The summed E-state index contributed by atoms with van der Waals surface area (Å²) < 4.78 is 0.868. The van der Waals surface area contributed by atoms with E-state index in [1.165, 1.54) is 10.4 Å². The summed E-state index contributed by atoms with van der Waals surface area (Å²) in [5, 5.41) is 7.67. The molecule has 1 aromatic heterocycles. The number of carbonyl (C=O) groups is 1. The Balaban J connectivity index is 1.90. The predicted octanol–water partition coefficient (Wildman–Crippen LogP) is 4.14. The molecule has 3 nitrogen and oxygen atoms in total. The highest BCUT2D eigenvalue weighted by molar-refractivity contribution is 9.10. The maximum Gasteiger partial charge on any atom is 0.319 e. The van der Waals surface area contributed by atoms with E-state index in [4.69, 9.17) is 0 Å². The van der Waals surface area contributed by atoms with Crippen molar-refractivity contribution in [1.82, 2.24) is 5.32 Å². The molecule has 0 radical (unpaired) electrons. The van der Waals surface area contributed by atoms with Crippen molar-refractivity contribution in [3.05, 3.63) is 50.6 Å². The Morgan fingerprint density at radius 1 is 1.33 bits per heavy atom. The number of anilines is 1. The Hall–Kier alpha value is -1.33. The third-order valence-corrected chi connectivity index (χ3v) is 4.21. The second-order valence-corrected chi connectivity index (χ2v) is 5.67. The second-order valence-electron chi connectivity index (χ2n) is 3.81. The van der Waals surface area contributed by atoms with Gasteiger partial charge in [0.2, 0.25) is 0 Å². The highest BCUT2D eigenvalue weighted by Gasteiger charge is 2.05. The number of benzene rings is 1. The third-order valence-electron chi connectivity index (χ3n) is 2.50. The molecule has 0 aliphatic carbocycles. The van der Waals surface area contributed by atoms with Gasteiger partial charge in [-0.1, -0.05) is 12.1 Å². The lowest BCUT2D eigenvalue weighted by atomic mass is 10.3. The Morgan fingerprint density at radius 3 is 2.78 bits per heavy atom. The van der Waals surface area contributed by atoms with Crippen LogP contribution in [0.15, 0.2) is 40.2 Å². The fourth-order valence-corrected chi connectivity index (χ4v) is 2.70. The average molecular weight is 325 g/mol. The van der Waals surface area contributed by atoms with E-state index in [1.54, 1.807) is 11.3 Å². The van der Waals surface area contributed by atoms with Crippen molar-refractivity contribution in [2.45, 2.75) is 13.5 Å². The molecule has 2 rings (SSSR count). The molecule has 2 aromatic rings. The lowest BCUT2D eigenvalue weighted by Gasteiger charge is -2.08. The van der Waals surface area contributed by atoms with Gasteiger partial charge in [-0.25, -0.2) is 4.79 Å². The van der Waals surface area contributed by atoms with E-state index in [0.717, 1.165) is 10.2 Å². The second kappa shape index (κ2) is 6.02. The third kappa shape index (κ3) is 3.34. The van der Waals surface area contributed by atoms with E-state index in [9.17, 15) is 4.79 Å². The van der Waals surface area contributed by atoms with Gasteiger partial charge in [-0.3, -0.25) is 0 Å². The van der Waals surface area contributed by atoms with Crippen molar-refractivity contribution in [2.24, 2.45) is 0 Å². The number of carbonyl (C=O) groups excluding carboxylic acids is 1. The molecule has 0 saturated heterocycles. The lowest BCUT2D eigenvalue weighted by Crippen LogP contribution is -2.28. The number of hydrogen-bond acceptors (Lipinski definition) is 2. The Labute approximate surface area is 118 Å². The van der Waals surface area contributed by atoms with Crippen LogP contribution in [0.1, 0.15) is 10.4 Å². The van der Waals surface area contributed by atoms with Crippen LogP contribution in [0.3, 0.4) is 0 Å². The summed E-state index contributed by atoms with van der Waals surface area (Å²) in [6.07, 6.45) is 0. The molecule has 18 heavy (non-hydrogen) atoms. The molecule has 2 N–H and O–H groups in total. The van der Waals surface area contributed by atoms with Crippen LogP contribution in [0.25, 0.3) is 0 Å². The maximum absolute atomic E-state index is 11.7. The summed E-state index contributed by atoms with van der Waals surface area (Å²) in [6, 6.07) is 9.37. The Morgan fingerprint density at radius 2 is 2.11 bits per heavy atom. The monoisotopic (exact) mass is 324 g/mol. The predicted molar refractivity (Wildman–Crippen MR) is 79.1 cm³/mol. The number of rotatable bonds is 3. The van der Waals surface area contributed by atoms with Crippen LogP contribution in [0.5, 0.6) is 0 Å². The number of thiophene rings is 1. The molecular formula is C13H13BrN2OS. The molecule has 0 bridgehead atoms. The number of amides is 2. The van der Waals surface area contributed by atoms with E-state index in [1.807, 2.05) is 42.6 Å². The SMILES string of the molecule is Cc1ccsc1CNC(=O)Nc1ccccc1Br. The van der Waals surface area contributed by atoms with Crippen LogP contribution in [0.2, 0.25) is 0 Å². The minimum atomic E-state index is -0.199. The number of para-hydroxylation sites is 1. The smallest absolute Gasteiger partial charge is 0.319 e. The Bertz CT molecular complexity index is 553. The van der Waals surface area contributed by atoms with Crippen LogP contribution in [-0.2, 0) is 6.54 Å². The summed E-state index contributed by atoms with van der Waals surface area (Å²) in [5.74, 6) is 0. The molecule has 2 amide bonds. The fraction of sp³-hybridized carbons (Fsp3) is 0.154. The molecule has 1 heterocycles. The molecule has 0 atom stereocenters. The number of aryl methyl sites for hydroxylation is 1. The van der Waals surface area contributed by atoms with Gasteiger partial charge in [-0.2, -0.15) is 0 Å². The summed E-state index contributed by atoms with van der Waals surface area (Å²) in [5.41, 5.74) is 1.97. The molecule has 0 aliphatic rings. The van der Waals surface area contributed by atoms with Gasteiger partial charge in [0.1, 0.15) is 0 Å². The molecule has 5 heteroatoms. The van der Waals surface area contributed by atoms with Gasteiger partial charge in [-0.15, -0.1) is 11.3 Å². The molecule has 0 aliphatic heterocycles. The van der Waals surface area contributed by atoms with Gasteiger partial charge in [0.05, 0.1) is 12.2 Å². The quantitative estimate of drug-likeness (QED) is 0.875. The van der Waals surface area contributed by atoms with E-state index in [-0.39, 0.29) is 6.03 Å². The first-order valence-electron chi connectivity index (χ1n) is 5.49. The van der Waals surface area contributed by atoms with Crippen molar-refractivity contribution in [2.75, 3.05) is 5.32 Å². The summed E-state index contributed by atoms with van der Waals surface area (Å²) in [4.78, 5) is 12.9. The first kappa shape index (κ1) is 13.1. The molecule has 94 valence electrons. The minimum Gasteiger partial charge on any atom is -0.333 e. The van der Waals surface area contributed by atoms with Crippen molar-refractivity contribution >= 4 is 39.0 Å². The summed E-state index contributed by atoms with van der Waals surface area (Å²) in [7, 11) is 0. The zero-order chi connectivity index (χ0) is 13.0. The molecular weight excluding hydrogens is 312 g/mol. The standard InChI is InChI=1S/C13H13BrN2OS/c1-9-6-7-18-12(9)8-15-13(17)16-11-5-3-2-4-10(11)14/h2-7H,8H2,1H3,(H2,15,16,17). The normalized spacial score (nSPS) is 10.1. The molecule has 0 fully saturated rings. The molecule has 0 spiro atoms. The van der Waals surface area contributed by atoms with Crippen LogP contribution >= 0.6 is 27.3 Å². The lowest BCUT2D eigenvalue weighted by molar-refractivity contribution is 0.252. The van der Waals surface area contributed by atoms with E-state index < -0.39 is 0 Å². The van der Waals surface area contributed by atoms with Gasteiger partial charge in [0.25, 0.3) is 0 Å².